The van der Waals surface area contributed by atoms with Crippen molar-refractivity contribution in [1.29, 1.82) is 0 Å². The standard InChI is InChI=1S/C20H17ClFN3OS/c1-3-7-16-23-20(24-26-16)25-12(2)19(27-13-8-5-4-6-9-13)14-10-11-15(21)17(22)18(14)25/h4-6,8-11H,3,7H2,1-2H3. The van der Waals surface area contributed by atoms with Gasteiger partial charge in [-0.2, -0.15) is 4.98 Å². The maximum Gasteiger partial charge on any atom is 0.275 e. The summed E-state index contributed by atoms with van der Waals surface area (Å²) in [5.41, 5.74) is 1.20. The number of halogens is 2. The van der Waals surface area contributed by atoms with Gasteiger partial charge in [-0.15, -0.1) is 0 Å². The summed E-state index contributed by atoms with van der Waals surface area (Å²) < 4.78 is 22.0. The molecule has 138 valence electrons. The van der Waals surface area contributed by atoms with Crippen molar-refractivity contribution >= 4 is 34.3 Å². The van der Waals surface area contributed by atoms with Gasteiger partial charge >= 0.3 is 0 Å². The SMILES string of the molecule is CCCc1nc(-n2c(C)c(Sc3ccccc3)c3ccc(Cl)c(F)c32)no1. The summed E-state index contributed by atoms with van der Waals surface area (Å²) in [6.45, 7) is 3.96. The smallest absolute Gasteiger partial charge is 0.275 e. The van der Waals surface area contributed by atoms with Gasteiger partial charge in [-0.25, -0.2) is 4.39 Å². The van der Waals surface area contributed by atoms with Crippen molar-refractivity contribution in [3.05, 3.63) is 64.9 Å². The van der Waals surface area contributed by atoms with Crippen molar-refractivity contribution < 1.29 is 8.91 Å². The molecule has 0 radical (unpaired) electrons. The van der Waals surface area contributed by atoms with Gasteiger partial charge in [0.2, 0.25) is 5.89 Å². The van der Waals surface area contributed by atoms with Crippen molar-refractivity contribution in [2.24, 2.45) is 0 Å². The fourth-order valence-corrected chi connectivity index (χ4v) is 4.24. The number of hydrogen-bond donors (Lipinski definition) is 0. The van der Waals surface area contributed by atoms with E-state index in [1.54, 1.807) is 22.4 Å². The molecular weight excluding hydrogens is 385 g/mol. The van der Waals surface area contributed by atoms with Crippen molar-refractivity contribution in [2.45, 2.75) is 36.5 Å². The lowest BCUT2D eigenvalue weighted by molar-refractivity contribution is 0.375. The number of hydrogen-bond acceptors (Lipinski definition) is 4. The Morgan fingerprint density at radius 3 is 2.70 bits per heavy atom. The van der Waals surface area contributed by atoms with Crippen LogP contribution in [0.5, 0.6) is 0 Å². The first-order valence-electron chi connectivity index (χ1n) is 8.65. The molecular formula is C20H17ClFN3OS. The molecule has 0 fully saturated rings. The van der Waals surface area contributed by atoms with Crippen LogP contribution < -0.4 is 0 Å². The van der Waals surface area contributed by atoms with Gasteiger partial charge in [-0.1, -0.05) is 48.5 Å². The molecule has 2 heterocycles. The second-order valence-electron chi connectivity index (χ2n) is 6.16. The number of aromatic nitrogens is 3. The van der Waals surface area contributed by atoms with Crippen molar-refractivity contribution in [1.82, 2.24) is 14.7 Å². The maximum absolute atomic E-state index is 15.0. The average Bonchev–Trinajstić information content (AvgIpc) is 3.23. The Hall–Kier alpha value is -2.31. The van der Waals surface area contributed by atoms with E-state index in [0.717, 1.165) is 27.3 Å². The summed E-state index contributed by atoms with van der Waals surface area (Å²) in [6, 6.07) is 13.4. The zero-order valence-corrected chi connectivity index (χ0v) is 16.4. The number of fused-ring (bicyclic) bond motifs is 1. The fourth-order valence-electron chi connectivity index (χ4n) is 3.04. The van der Waals surface area contributed by atoms with Gasteiger partial charge in [0, 0.05) is 27.3 Å². The van der Waals surface area contributed by atoms with Gasteiger partial charge in [-0.3, -0.25) is 4.57 Å². The van der Waals surface area contributed by atoms with Crippen LogP contribution in [0.3, 0.4) is 0 Å². The van der Waals surface area contributed by atoms with Gasteiger partial charge in [0.1, 0.15) is 0 Å². The van der Waals surface area contributed by atoms with E-state index in [9.17, 15) is 4.39 Å². The van der Waals surface area contributed by atoms with Crippen LogP contribution in [-0.2, 0) is 6.42 Å². The lowest BCUT2D eigenvalue weighted by Gasteiger charge is -2.04. The predicted molar refractivity (Wildman–Crippen MR) is 105 cm³/mol. The molecule has 0 saturated heterocycles. The van der Waals surface area contributed by atoms with Crippen LogP contribution in [0.25, 0.3) is 16.9 Å². The molecule has 0 amide bonds. The quantitative estimate of drug-likeness (QED) is 0.398. The van der Waals surface area contributed by atoms with Crippen LogP contribution in [0.15, 0.2) is 56.8 Å². The largest absolute Gasteiger partial charge is 0.337 e. The lowest BCUT2D eigenvalue weighted by atomic mass is 10.2. The Bertz CT molecular complexity index is 1110. The summed E-state index contributed by atoms with van der Waals surface area (Å²) in [7, 11) is 0. The first kappa shape index (κ1) is 18.1. The molecule has 0 spiro atoms. The zero-order valence-electron chi connectivity index (χ0n) is 14.9. The highest BCUT2D eigenvalue weighted by molar-refractivity contribution is 7.99. The molecule has 4 aromatic rings. The van der Waals surface area contributed by atoms with E-state index in [1.165, 1.54) is 0 Å². The van der Waals surface area contributed by atoms with Crippen LogP contribution in [0.4, 0.5) is 4.39 Å². The Balaban J connectivity index is 1.94. The molecule has 7 heteroatoms. The second kappa shape index (κ2) is 7.37. The third kappa shape index (κ3) is 3.24. The minimum absolute atomic E-state index is 0.0646. The molecule has 2 aromatic heterocycles. The predicted octanol–water partition coefficient (Wildman–Crippen LogP) is 6.22. The summed E-state index contributed by atoms with van der Waals surface area (Å²) in [5.74, 6) is 0.370. The summed E-state index contributed by atoms with van der Waals surface area (Å²) in [5, 5.41) is 4.90. The van der Waals surface area contributed by atoms with E-state index in [1.807, 2.05) is 50.2 Å². The molecule has 0 bridgehead atoms. The molecule has 4 nitrogen and oxygen atoms in total. The molecule has 0 N–H and O–H groups in total. The third-order valence-corrected chi connectivity index (χ3v) is 5.80. The minimum atomic E-state index is -0.487. The Kier molecular flexibility index (Phi) is 4.93. The van der Waals surface area contributed by atoms with Gasteiger partial charge in [-0.05, 0) is 42.8 Å². The van der Waals surface area contributed by atoms with Crippen LogP contribution in [0.1, 0.15) is 24.9 Å². The number of aryl methyl sites for hydroxylation is 1. The Morgan fingerprint density at radius 1 is 1.19 bits per heavy atom. The highest BCUT2D eigenvalue weighted by Gasteiger charge is 2.23. The summed E-state index contributed by atoms with van der Waals surface area (Å²) in [6.07, 6.45) is 1.57. The molecule has 0 unspecified atom stereocenters. The summed E-state index contributed by atoms with van der Waals surface area (Å²) >= 11 is 7.64. The summed E-state index contributed by atoms with van der Waals surface area (Å²) in [4.78, 5) is 6.44. The highest BCUT2D eigenvalue weighted by Crippen LogP contribution is 2.41. The van der Waals surface area contributed by atoms with Gasteiger partial charge in [0.25, 0.3) is 5.95 Å². The normalized spacial score (nSPS) is 11.4. The highest BCUT2D eigenvalue weighted by atomic mass is 35.5. The van der Waals surface area contributed by atoms with E-state index < -0.39 is 5.82 Å². The van der Waals surface area contributed by atoms with E-state index in [4.69, 9.17) is 16.1 Å². The first-order valence-corrected chi connectivity index (χ1v) is 9.84. The van der Waals surface area contributed by atoms with Crippen LogP contribution in [-0.4, -0.2) is 14.7 Å². The van der Waals surface area contributed by atoms with E-state index >= 15 is 0 Å². The molecule has 4 rings (SSSR count). The number of nitrogens with zero attached hydrogens (tertiary/aromatic N) is 3. The van der Waals surface area contributed by atoms with Crippen molar-refractivity contribution in [3.8, 4) is 5.95 Å². The van der Waals surface area contributed by atoms with Gasteiger partial charge in [0.05, 0.1) is 10.5 Å². The fraction of sp³-hybridized carbons (Fsp3) is 0.200. The van der Waals surface area contributed by atoms with Gasteiger partial charge in [0.15, 0.2) is 5.82 Å². The molecule has 0 aliphatic carbocycles. The van der Waals surface area contributed by atoms with Crippen molar-refractivity contribution in [3.63, 3.8) is 0 Å². The van der Waals surface area contributed by atoms with E-state index in [-0.39, 0.29) is 5.02 Å². The Morgan fingerprint density at radius 2 is 1.96 bits per heavy atom. The minimum Gasteiger partial charge on any atom is -0.337 e. The first-order chi connectivity index (χ1) is 13.1. The van der Waals surface area contributed by atoms with Crippen molar-refractivity contribution in [2.75, 3.05) is 0 Å². The van der Waals surface area contributed by atoms with Crippen LogP contribution >= 0.6 is 23.4 Å². The number of benzene rings is 2. The molecule has 2 aromatic carbocycles. The molecule has 0 aliphatic heterocycles. The molecule has 27 heavy (non-hydrogen) atoms. The van der Waals surface area contributed by atoms with Crippen LogP contribution in [0.2, 0.25) is 5.02 Å². The molecule has 0 saturated carbocycles. The van der Waals surface area contributed by atoms with Crippen LogP contribution in [0, 0.1) is 12.7 Å². The zero-order chi connectivity index (χ0) is 19.0. The second-order valence-corrected chi connectivity index (χ2v) is 7.65. The average molecular weight is 402 g/mol. The van der Waals surface area contributed by atoms with E-state index in [0.29, 0.717) is 23.8 Å². The topological polar surface area (TPSA) is 43.9 Å². The Labute approximate surface area is 165 Å². The van der Waals surface area contributed by atoms with E-state index in [2.05, 4.69) is 10.1 Å². The lowest BCUT2D eigenvalue weighted by Crippen LogP contribution is -2.01. The third-order valence-electron chi connectivity index (χ3n) is 4.29. The monoisotopic (exact) mass is 401 g/mol. The number of rotatable bonds is 5. The van der Waals surface area contributed by atoms with Gasteiger partial charge < -0.3 is 4.52 Å². The molecule has 0 atom stereocenters. The maximum atomic E-state index is 15.0. The molecule has 0 aliphatic rings.